The van der Waals surface area contributed by atoms with E-state index in [-0.39, 0.29) is 5.97 Å². The molecule has 0 aliphatic heterocycles. The first kappa shape index (κ1) is 10.0. The lowest BCUT2D eigenvalue weighted by Crippen LogP contribution is -2.29. The standard InChI is InChI=1S/C6H14O2SSi/c1-10(2,3)8-6(7)4-5-9/h9H,4-5H2,1-3H3. The maximum atomic E-state index is 10.8. The van der Waals surface area contributed by atoms with E-state index in [0.717, 1.165) is 0 Å². The molecule has 0 aromatic heterocycles. The lowest BCUT2D eigenvalue weighted by atomic mass is 10.5. The fourth-order valence-corrected chi connectivity index (χ4v) is 1.45. The monoisotopic (exact) mass is 178 g/mol. The number of thiol groups is 1. The van der Waals surface area contributed by atoms with Gasteiger partial charge in [0.1, 0.15) is 0 Å². The van der Waals surface area contributed by atoms with Crippen molar-refractivity contribution in [1.29, 1.82) is 0 Å². The van der Waals surface area contributed by atoms with Crippen LogP contribution in [0.4, 0.5) is 0 Å². The van der Waals surface area contributed by atoms with E-state index < -0.39 is 8.32 Å². The Morgan fingerprint density at radius 2 is 2.00 bits per heavy atom. The second-order valence-electron chi connectivity index (χ2n) is 3.06. The number of carbonyl (C=O) groups is 1. The van der Waals surface area contributed by atoms with Crippen LogP contribution in [0.3, 0.4) is 0 Å². The molecule has 0 saturated heterocycles. The molecule has 0 saturated carbocycles. The van der Waals surface area contributed by atoms with Crippen molar-refractivity contribution in [3.8, 4) is 0 Å². The van der Waals surface area contributed by atoms with Gasteiger partial charge in [-0.05, 0) is 19.6 Å². The van der Waals surface area contributed by atoms with Gasteiger partial charge in [-0.25, -0.2) is 0 Å². The van der Waals surface area contributed by atoms with Crippen molar-refractivity contribution < 1.29 is 9.22 Å². The first-order valence-electron chi connectivity index (χ1n) is 3.28. The SMILES string of the molecule is C[Si](C)(C)OC(=O)CCS. The fourth-order valence-electron chi connectivity index (χ4n) is 0.484. The molecule has 0 unspecified atom stereocenters. The summed E-state index contributed by atoms with van der Waals surface area (Å²) in [5.41, 5.74) is 0. The van der Waals surface area contributed by atoms with Gasteiger partial charge in [0.15, 0.2) is 0 Å². The number of hydrogen-bond acceptors (Lipinski definition) is 3. The topological polar surface area (TPSA) is 26.3 Å². The van der Waals surface area contributed by atoms with E-state index in [4.69, 9.17) is 4.43 Å². The second-order valence-corrected chi connectivity index (χ2v) is 7.94. The summed E-state index contributed by atoms with van der Waals surface area (Å²) < 4.78 is 5.13. The van der Waals surface area contributed by atoms with E-state index in [2.05, 4.69) is 12.6 Å². The predicted octanol–water partition coefficient (Wildman–Crippen LogP) is 1.68. The highest BCUT2D eigenvalue weighted by Gasteiger charge is 2.18. The molecule has 0 aromatic carbocycles. The van der Waals surface area contributed by atoms with Crippen LogP contribution in [0.25, 0.3) is 0 Å². The summed E-state index contributed by atoms with van der Waals surface area (Å²) in [6.07, 6.45) is 0.424. The van der Waals surface area contributed by atoms with Crippen LogP contribution in [0.5, 0.6) is 0 Å². The second kappa shape index (κ2) is 4.03. The number of carbonyl (C=O) groups excluding carboxylic acids is 1. The van der Waals surface area contributed by atoms with Crippen molar-refractivity contribution in [1.82, 2.24) is 0 Å². The molecular formula is C6H14O2SSi. The molecule has 60 valence electrons. The van der Waals surface area contributed by atoms with Gasteiger partial charge in [-0.2, -0.15) is 12.6 Å². The van der Waals surface area contributed by atoms with Crippen molar-refractivity contribution in [3.63, 3.8) is 0 Å². The van der Waals surface area contributed by atoms with Crippen LogP contribution < -0.4 is 0 Å². The molecule has 2 nitrogen and oxygen atoms in total. The Labute approximate surface area is 68.5 Å². The largest absolute Gasteiger partial charge is 0.520 e. The van der Waals surface area contributed by atoms with E-state index in [1.807, 2.05) is 19.6 Å². The van der Waals surface area contributed by atoms with Crippen LogP contribution in [0, 0.1) is 0 Å². The van der Waals surface area contributed by atoms with Crippen molar-refractivity contribution in [3.05, 3.63) is 0 Å². The molecule has 0 bridgehead atoms. The Morgan fingerprint density at radius 1 is 1.50 bits per heavy atom. The summed E-state index contributed by atoms with van der Waals surface area (Å²) in [6, 6.07) is 0. The van der Waals surface area contributed by atoms with E-state index in [1.54, 1.807) is 0 Å². The minimum Gasteiger partial charge on any atom is -0.520 e. The summed E-state index contributed by atoms with van der Waals surface area (Å²) in [5, 5.41) is 0. The Hall–Kier alpha value is 0.0369. The average Bonchev–Trinajstić information content (AvgIpc) is 1.59. The van der Waals surface area contributed by atoms with E-state index in [1.165, 1.54) is 0 Å². The molecule has 0 spiro atoms. The third kappa shape index (κ3) is 6.16. The van der Waals surface area contributed by atoms with Gasteiger partial charge in [-0.15, -0.1) is 0 Å². The normalized spacial score (nSPS) is 11.2. The van der Waals surface area contributed by atoms with E-state index in [0.29, 0.717) is 12.2 Å². The van der Waals surface area contributed by atoms with Gasteiger partial charge in [0.25, 0.3) is 5.97 Å². The van der Waals surface area contributed by atoms with Gasteiger partial charge in [0.05, 0.1) is 6.42 Å². The van der Waals surface area contributed by atoms with E-state index >= 15 is 0 Å². The van der Waals surface area contributed by atoms with E-state index in [9.17, 15) is 4.79 Å². The predicted molar refractivity (Wildman–Crippen MR) is 47.9 cm³/mol. The molecule has 0 N–H and O–H groups in total. The smallest absolute Gasteiger partial charge is 0.293 e. The van der Waals surface area contributed by atoms with Crippen LogP contribution in [0.15, 0.2) is 0 Å². The van der Waals surface area contributed by atoms with Crippen LogP contribution >= 0.6 is 12.6 Å². The van der Waals surface area contributed by atoms with Crippen LogP contribution in [-0.4, -0.2) is 20.0 Å². The molecule has 0 heterocycles. The molecule has 0 amide bonds. The Morgan fingerprint density at radius 3 is 2.30 bits per heavy atom. The number of hydrogen-bond donors (Lipinski definition) is 1. The summed E-state index contributed by atoms with van der Waals surface area (Å²) >= 11 is 3.92. The van der Waals surface area contributed by atoms with Crippen molar-refractivity contribution >= 4 is 26.9 Å². The van der Waals surface area contributed by atoms with Gasteiger partial charge in [-0.1, -0.05) is 0 Å². The first-order chi connectivity index (χ1) is 4.45. The zero-order valence-corrected chi connectivity index (χ0v) is 8.57. The summed E-state index contributed by atoms with van der Waals surface area (Å²) in [7, 11) is -1.64. The molecule has 0 aromatic rings. The van der Waals surface area contributed by atoms with Crippen molar-refractivity contribution in [2.45, 2.75) is 26.1 Å². The van der Waals surface area contributed by atoms with Crippen molar-refractivity contribution in [2.75, 3.05) is 5.75 Å². The number of rotatable bonds is 3. The quantitative estimate of drug-likeness (QED) is 0.526. The molecule has 4 heteroatoms. The zero-order valence-electron chi connectivity index (χ0n) is 6.68. The van der Waals surface area contributed by atoms with Gasteiger partial charge < -0.3 is 4.43 Å². The summed E-state index contributed by atoms with van der Waals surface area (Å²) in [5.74, 6) is 0.456. The maximum absolute atomic E-state index is 10.8. The zero-order chi connectivity index (χ0) is 8.20. The van der Waals surface area contributed by atoms with Gasteiger partial charge in [0.2, 0.25) is 8.32 Å². The third-order valence-corrected chi connectivity index (χ3v) is 1.80. The highest BCUT2D eigenvalue weighted by atomic mass is 32.1. The lowest BCUT2D eigenvalue weighted by molar-refractivity contribution is -0.134. The molecular weight excluding hydrogens is 164 g/mol. The highest BCUT2D eigenvalue weighted by Crippen LogP contribution is 2.04. The van der Waals surface area contributed by atoms with Gasteiger partial charge in [0, 0.05) is 5.75 Å². The van der Waals surface area contributed by atoms with Gasteiger partial charge in [-0.3, -0.25) is 4.79 Å². The van der Waals surface area contributed by atoms with Gasteiger partial charge >= 0.3 is 0 Å². The Balaban J connectivity index is 3.58. The van der Waals surface area contributed by atoms with Crippen LogP contribution in [-0.2, 0) is 9.22 Å². The maximum Gasteiger partial charge on any atom is 0.293 e. The fraction of sp³-hybridized carbons (Fsp3) is 0.833. The summed E-state index contributed by atoms with van der Waals surface area (Å²) in [6.45, 7) is 5.97. The van der Waals surface area contributed by atoms with Crippen LogP contribution in [0.2, 0.25) is 19.6 Å². The molecule has 0 atom stereocenters. The Bertz CT molecular complexity index is 119. The lowest BCUT2D eigenvalue weighted by Gasteiger charge is -2.16. The average molecular weight is 178 g/mol. The van der Waals surface area contributed by atoms with Crippen molar-refractivity contribution in [2.24, 2.45) is 0 Å². The molecule has 0 aliphatic rings. The third-order valence-electron chi connectivity index (χ3n) is 0.736. The minimum absolute atomic E-state index is 0.117. The minimum atomic E-state index is -1.64. The molecule has 10 heavy (non-hydrogen) atoms. The van der Waals surface area contributed by atoms with Crippen LogP contribution in [0.1, 0.15) is 6.42 Å². The first-order valence-corrected chi connectivity index (χ1v) is 7.32. The molecule has 0 radical (unpaired) electrons. The molecule has 0 aliphatic carbocycles. The summed E-state index contributed by atoms with van der Waals surface area (Å²) in [4.78, 5) is 10.8. The molecule has 0 rings (SSSR count). The molecule has 0 fully saturated rings. The highest BCUT2D eigenvalue weighted by molar-refractivity contribution is 7.80. The Kier molecular flexibility index (Phi) is 4.04.